The first-order chi connectivity index (χ1) is 12.5. The Balaban J connectivity index is 1.48. The van der Waals surface area contributed by atoms with Gasteiger partial charge in [-0.2, -0.15) is 0 Å². The lowest BCUT2D eigenvalue weighted by Gasteiger charge is -2.18. The fourth-order valence-corrected chi connectivity index (χ4v) is 3.40. The molecule has 2 heterocycles. The van der Waals surface area contributed by atoms with Gasteiger partial charge in [0.2, 0.25) is 5.91 Å². The van der Waals surface area contributed by atoms with Crippen molar-refractivity contribution in [3.8, 4) is 0 Å². The van der Waals surface area contributed by atoms with Crippen molar-refractivity contribution < 1.29 is 4.79 Å². The molecule has 4 nitrogen and oxygen atoms in total. The summed E-state index contributed by atoms with van der Waals surface area (Å²) >= 11 is 11.9. The number of nitrogens with one attached hydrogen (secondary N) is 2. The minimum atomic E-state index is -0.0176. The number of amides is 1. The summed E-state index contributed by atoms with van der Waals surface area (Å²) in [6.07, 6.45) is 4.51. The average Bonchev–Trinajstić information content (AvgIpc) is 2.63. The fourth-order valence-electron chi connectivity index (χ4n) is 3.11. The summed E-state index contributed by atoms with van der Waals surface area (Å²) in [5, 5.41) is 7.15. The molecule has 0 saturated heterocycles. The number of carbonyl (C=O) groups is 1. The molecule has 2 N–H and O–H groups in total. The van der Waals surface area contributed by atoms with Gasteiger partial charge in [0.25, 0.3) is 0 Å². The molecule has 3 rings (SSSR count). The number of hydrogen-bond acceptors (Lipinski definition) is 3. The number of aromatic nitrogens is 1. The molecule has 1 aliphatic rings. The Labute approximate surface area is 164 Å². The van der Waals surface area contributed by atoms with E-state index in [-0.39, 0.29) is 11.8 Å². The monoisotopic (exact) mass is 391 g/mol. The average molecular weight is 392 g/mol. The second-order valence-electron chi connectivity index (χ2n) is 6.87. The highest BCUT2D eigenvalue weighted by molar-refractivity contribution is 6.42. The van der Waals surface area contributed by atoms with Crippen molar-refractivity contribution in [2.24, 2.45) is 5.92 Å². The fraction of sp³-hybridized carbons (Fsp3) is 0.400. The summed E-state index contributed by atoms with van der Waals surface area (Å²) in [5.41, 5.74) is 3.04. The number of carbonyl (C=O) groups excluding carboxylic acids is 1. The number of nitrogens with zero attached hydrogens (tertiary/aromatic N) is 1. The van der Waals surface area contributed by atoms with Crippen LogP contribution in [0.2, 0.25) is 10.0 Å². The third kappa shape index (κ3) is 5.12. The van der Waals surface area contributed by atoms with Gasteiger partial charge >= 0.3 is 0 Å². The highest BCUT2D eigenvalue weighted by atomic mass is 35.5. The predicted octanol–water partition coefficient (Wildman–Crippen LogP) is 5.34. The first-order valence-electron chi connectivity index (χ1n) is 8.99. The quantitative estimate of drug-likeness (QED) is 0.697. The zero-order valence-corrected chi connectivity index (χ0v) is 16.3. The molecule has 1 unspecified atom stereocenters. The van der Waals surface area contributed by atoms with E-state index < -0.39 is 0 Å². The molecular formula is C20H23Cl2N3O. The summed E-state index contributed by atoms with van der Waals surface area (Å²) in [6.45, 7) is 3.08. The molecule has 1 aliphatic heterocycles. The maximum atomic E-state index is 12.2. The normalized spacial score (nSPS) is 14.3. The molecule has 1 atom stereocenters. The van der Waals surface area contributed by atoms with Crippen LogP contribution in [0.15, 0.2) is 30.3 Å². The highest BCUT2D eigenvalue weighted by Gasteiger charge is 2.13. The summed E-state index contributed by atoms with van der Waals surface area (Å²) in [6, 6.07) is 9.37. The van der Waals surface area contributed by atoms with Gasteiger partial charge in [0.05, 0.1) is 10.0 Å². The Bertz CT molecular complexity index is 795. The standard InChI is InChI=1S/C20H23Cl2N3O/c1-13(11-19(26)24-16-8-9-17(21)18(22)12-16)4-6-15-7-5-14-3-2-10-23-20(14)25-15/h5,7-9,12-13H,2-4,6,10-11H2,1H3,(H,23,25)(H,24,26). The van der Waals surface area contributed by atoms with Crippen LogP contribution in [0.1, 0.15) is 37.4 Å². The third-order valence-corrected chi connectivity index (χ3v) is 5.32. The molecular weight excluding hydrogens is 369 g/mol. The topological polar surface area (TPSA) is 54.0 Å². The molecule has 0 saturated carbocycles. The minimum Gasteiger partial charge on any atom is -0.370 e. The van der Waals surface area contributed by atoms with Crippen LogP contribution in [-0.4, -0.2) is 17.4 Å². The summed E-state index contributed by atoms with van der Waals surface area (Å²) < 4.78 is 0. The van der Waals surface area contributed by atoms with Gasteiger partial charge in [0, 0.05) is 24.3 Å². The van der Waals surface area contributed by atoms with Gasteiger partial charge in [0.15, 0.2) is 0 Å². The number of aryl methyl sites for hydroxylation is 2. The molecule has 1 amide bonds. The van der Waals surface area contributed by atoms with Crippen molar-refractivity contribution in [3.63, 3.8) is 0 Å². The van der Waals surface area contributed by atoms with Gasteiger partial charge in [-0.3, -0.25) is 4.79 Å². The van der Waals surface area contributed by atoms with Crippen LogP contribution in [-0.2, 0) is 17.6 Å². The summed E-state index contributed by atoms with van der Waals surface area (Å²) in [7, 11) is 0. The highest BCUT2D eigenvalue weighted by Crippen LogP contribution is 2.25. The number of pyridine rings is 1. The summed E-state index contributed by atoms with van der Waals surface area (Å²) in [5.74, 6) is 1.28. The van der Waals surface area contributed by atoms with Gasteiger partial charge in [-0.15, -0.1) is 0 Å². The molecule has 6 heteroatoms. The van der Waals surface area contributed by atoms with E-state index in [1.54, 1.807) is 18.2 Å². The van der Waals surface area contributed by atoms with Crippen LogP contribution >= 0.6 is 23.2 Å². The van der Waals surface area contributed by atoms with Crippen molar-refractivity contribution in [2.75, 3.05) is 17.2 Å². The zero-order chi connectivity index (χ0) is 18.5. The van der Waals surface area contributed by atoms with Crippen LogP contribution in [0.3, 0.4) is 0 Å². The SMILES string of the molecule is CC(CCc1ccc2c(n1)NCCC2)CC(=O)Nc1ccc(Cl)c(Cl)c1. The van der Waals surface area contributed by atoms with Crippen LogP contribution in [0.25, 0.3) is 0 Å². The lowest BCUT2D eigenvalue weighted by atomic mass is 9.99. The second kappa shape index (κ2) is 8.74. The smallest absolute Gasteiger partial charge is 0.224 e. The molecule has 26 heavy (non-hydrogen) atoms. The predicted molar refractivity (Wildman–Crippen MR) is 108 cm³/mol. The first-order valence-corrected chi connectivity index (χ1v) is 9.74. The molecule has 0 fully saturated rings. The Hall–Kier alpha value is -1.78. The number of rotatable bonds is 6. The summed E-state index contributed by atoms with van der Waals surface area (Å²) in [4.78, 5) is 16.9. The number of hydrogen-bond donors (Lipinski definition) is 2. The Morgan fingerprint density at radius 3 is 2.92 bits per heavy atom. The lowest BCUT2D eigenvalue weighted by molar-refractivity contribution is -0.117. The van der Waals surface area contributed by atoms with E-state index in [0.717, 1.165) is 37.3 Å². The van der Waals surface area contributed by atoms with Crippen molar-refractivity contribution in [2.45, 2.75) is 39.0 Å². The van der Waals surface area contributed by atoms with Crippen LogP contribution in [0, 0.1) is 5.92 Å². The maximum Gasteiger partial charge on any atom is 0.224 e. The Morgan fingerprint density at radius 1 is 1.27 bits per heavy atom. The van der Waals surface area contributed by atoms with E-state index in [4.69, 9.17) is 28.2 Å². The van der Waals surface area contributed by atoms with E-state index in [1.165, 1.54) is 12.0 Å². The minimum absolute atomic E-state index is 0.0176. The Kier molecular flexibility index (Phi) is 6.38. The molecule has 0 aliphatic carbocycles. The van der Waals surface area contributed by atoms with Crippen molar-refractivity contribution >= 4 is 40.6 Å². The van der Waals surface area contributed by atoms with Crippen LogP contribution in [0.4, 0.5) is 11.5 Å². The van der Waals surface area contributed by atoms with Gasteiger partial charge in [0.1, 0.15) is 5.82 Å². The molecule has 0 bridgehead atoms. The van der Waals surface area contributed by atoms with Gasteiger partial charge in [-0.1, -0.05) is 36.2 Å². The first kappa shape index (κ1) is 19.0. The molecule has 0 spiro atoms. The number of fused-ring (bicyclic) bond motifs is 1. The van der Waals surface area contributed by atoms with Crippen molar-refractivity contribution in [3.05, 3.63) is 51.6 Å². The Morgan fingerprint density at radius 2 is 2.12 bits per heavy atom. The zero-order valence-electron chi connectivity index (χ0n) is 14.8. The second-order valence-corrected chi connectivity index (χ2v) is 7.68. The van der Waals surface area contributed by atoms with E-state index in [9.17, 15) is 4.79 Å². The largest absolute Gasteiger partial charge is 0.370 e. The van der Waals surface area contributed by atoms with Gasteiger partial charge in [-0.05, 0) is 61.4 Å². The molecule has 1 aromatic heterocycles. The molecule has 138 valence electrons. The maximum absolute atomic E-state index is 12.2. The molecule has 0 radical (unpaired) electrons. The van der Waals surface area contributed by atoms with E-state index in [0.29, 0.717) is 22.2 Å². The lowest BCUT2D eigenvalue weighted by Crippen LogP contribution is -2.16. The van der Waals surface area contributed by atoms with Gasteiger partial charge < -0.3 is 10.6 Å². The molecule has 2 aromatic rings. The number of halogens is 2. The van der Waals surface area contributed by atoms with E-state index in [2.05, 4.69) is 29.7 Å². The van der Waals surface area contributed by atoms with Crippen molar-refractivity contribution in [1.82, 2.24) is 4.98 Å². The van der Waals surface area contributed by atoms with Crippen LogP contribution in [0.5, 0.6) is 0 Å². The molecule has 1 aromatic carbocycles. The van der Waals surface area contributed by atoms with E-state index >= 15 is 0 Å². The van der Waals surface area contributed by atoms with Crippen LogP contribution < -0.4 is 10.6 Å². The van der Waals surface area contributed by atoms with E-state index in [1.807, 2.05) is 0 Å². The third-order valence-electron chi connectivity index (χ3n) is 4.58. The number of anilines is 2. The van der Waals surface area contributed by atoms with Crippen molar-refractivity contribution in [1.29, 1.82) is 0 Å². The number of benzene rings is 1. The van der Waals surface area contributed by atoms with Gasteiger partial charge in [-0.25, -0.2) is 4.98 Å².